The molecule has 3 aliphatic rings. The fourth-order valence-corrected chi connectivity index (χ4v) is 5.32. The number of carbonyl (C=O) groups is 1. The average Bonchev–Trinajstić information content (AvgIpc) is 3.30. The van der Waals surface area contributed by atoms with Gasteiger partial charge in [0, 0.05) is 24.7 Å². The predicted octanol–water partition coefficient (Wildman–Crippen LogP) is 5.11. The summed E-state index contributed by atoms with van der Waals surface area (Å²) >= 11 is 0. The molecule has 10 nitrogen and oxygen atoms in total. The van der Waals surface area contributed by atoms with E-state index in [0.717, 1.165) is 31.5 Å². The summed E-state index contributed by atoms with van der Waals surface area (Å²) in [5.74, 6) is 0.371. The van der Waals surface area contributed by atoms with Crippen LogP contribution in [0.15, 0.2) is 48.7 Å². The zero-order valence-corrected chi connectivity index (χ0v) is 22.5. The van der Waals surface area contributed by atoms with Gasteiger partial charge in [0.05, 0.1) is 30.1 Å². The molecule has 3 aliphatic heterocycles. The van der Waals surface area contributed by atoms with E-state index >= 15 is 0 Å². The smallest absolute Gasteiger partial charge is 0.416 e. The van der Waals surface area contributed by atoms with E-state index in [1.807, 2.05) is 13.8 Å². The topological polar surface area (TPSA) is 102 Å². The lowest BCUT2D eigenvalue weighted by atomic mass is 10.0. The fraction of sp³-hybridized carbons (Fsp3) is 0.429. The van der Waals surface area contributed by atoms with Crippen molar-refractivity contribution in [3.63, 3.8) is 0 Å². The number of hydrogen-bond donors (Lipinski definition) is 1. The highest BCUT2D eigenvalue weighted by Gasteiger charge is 2.39. The highest BCUT2D eigenvalue weighted by atomic mass is 19.4. The Morgan fingerprint density at radius 3 is 2.80 bits per heavy atom. The monoisotopic (exact) mass is 570 g/mol. The van der Waals surface area contributed by atoms with Crippen LogP contribution in [0, 0.1) is 0 Å². The second kappa shape index (κ2) is 10.5. The third-order valence-electron chi connectivity index (χ3n) is 7.19. The van der Waals surface area contributed by atoms with Crippen molar-refractivity contribution in [3.05, 3.63) is 54.2 Å². The van der Waals surface area contributed by atoms with E-state index in [0.29, 0.717) is 30.5 Å². The van der Waals surface area contributed by atoms with Crippen LogP contribution in [0.4, 0.5) is 35.3 Å². The molecule has 2 aromatic heterocycles. The molecular formula is C28H29F3N6O4. The van der Waals surface area contributed by atoms with E-state index in [2.05, 4.69) is 25.2 Å². The number of benzene rings is 1. The van der Waals surface area contributed by atoms with E-state index in [9.17, 15) is 18.0 Å². The average molecular weight is 571 g/mol. The van der Waals surface area contributed by atoms with Crippen molar-refractivity contribution in [1.29, 1.82) is 0 Å². The maximum absolute atomic E-state index is 13.7. The van der Waals surface area contributed by atoms with Gasteiger partial charge in [-0.2, -0.15) is 18.2 Å². The van der Waals surface area contributed by atoms with Crippen LogP contribution in [0.2, 0.25) is 0 Å². The van der Waals surface area contributed by atoms with Gasteiger partial charge < -0.3 is 19.1 Å². The number of ether oxygens (including phenoxy) is 3. The largest absolute Gasteiger partial charge is 0.475 e. The van der Waals surface area contributed by atoms with Crippen molar-refractivity contribution in [2.75, 3.05) is 41.4 Å². The Kier molecular flexibility index (Phi) is 6.94. The highest BCUT2D eigenvalue weighted by Crippen LogP contribution is 2.39. The lowest BCUT2D eigenvalue weighted by Crippen LogP contribution is -2.56. The summed E-state index contributed by atoms with van der Waals surface area (Å²) < 4.78 is 57.1. The van der Waals surface area contributed by atoms with E-state index in [1.54, 1.807) is 29.3 Å². The van der Waals surface area contributed by atoms with Crippen LogP contribution in [0.5, 0.6) is 5.88 Å². The minimum absolute atomic E-state index is 0.101. The number of halogens is 3. The molecule has 3 aromatic rings. The molecule has 2 amide bonds. The maximum Gasteiger partial charge on any atom is 0.416 e. The number of rotatable bonds is 5. The van der Waals surface area contributed by atoms with Gasteiger partial charge >= 0.3 is 12.2 Å². The minimum Gasteiger partial charge on any atom is -0.475 e. The first-order valence-corrected chi connectivity index (χ1v) is 13.4. The molecule has 2 bridgehead atoms. The first-order chi connectivity index (χ1) is 19.6. The number of pyridine rings is 1. The minimum atomic E-state index is -4.50. The summed E-state index contributed by atoms with van der Waals surface area (Å²) in [6, 6.07) is 9.26. The molecule has 1 N–H and O–H groups in total. The van der Waals surface area contributed by atoms with Gasteiger partial charge in [0.25, 0.3) is 0 Å². The molecule has 0 aliphatic carbocycles. The number of piperidine rings is 1. The van der Waals surface area contributed by atoms with Crippen molar-refractivity contribution in [3.8, 4) is 17.3 Å². The van der Waals surface area contributed by atoms with E-state index in [4.69, 9.17) is 14.2 Å². The molecule has 216 valence electrons. The zero-order valence-electron chi connectivity index (χ0n) is 22.5. The SMILES string of the molecule is CC1(C)OC[C@@H](COc2cccc(NC(=O)N3c4nc(-c5cccc(C(F)(F)F)c5)ncc4N4CCC[C@H]3C4)n2)O1. The quantitative estimate of drug-likeness (QED) is 0.452. The van der Waals surface area contributed by atoms with Crippen molar-refractivity contribution >= 4 is 23.4 Å². The lowest BCUT2D eigenvalue weighted by molar-refractivity contribution is -0.141. The van der Waals surface area contributed by atoms with Crippen LogP contribution in [-0.2, 0) is 15.7 Å². The van der Waals surface area contributed by atoms with Gasteiger partial charge in [0.2, 0.25) is 5.88 Å². The number of nitrogens with zero attached hydrogens (tertiary/aromatic N) is 5. The van der Waals surface area contributed by atoms with Crippen LogP contribution in [-0.4, -0.2) is 65.2 Å². The molecule has 13 heteroatoms. The Morgan fingerprint density at radius 1 is 1.20 bits per heavy atom. The molecule has 0 unspecified atom stereocenters. The number of carbonyl (C=O) groups excluding carboxylic acids is 1. The number of anilines is 3. The summed E-state index contributed by atoms with van der Waals surface area (Å²) in [6.07, 6.45) is -1.55. The van der Waals surface area contributed by atoms with Gasteiger partial charge in [-0.25, -0.2) is 14.8 Å². The van der Waals surface area contributed by atoms with Crippen LogP contribution in [0.3, 0.4) is 0 Å². The normalized spacial score (nSPS) is 21.4. The first-order valence-electron chi connectivity index (χ1n) is 13.4. The summed E-state index contributed by atoms with van der Waals surface area (Å²) in [6.45, 7) is 5.68. The molecule has 6 rings (SSSR count). The zero-order chi connectivity index (χ0) is 28.8. The van der Waals surface area contributed by atoms with Gasteiger partial charge in [0.15, 0.2) is 17.4 Å². The first kappa shape index (κ1) is 27.2. The molecule has 0 spiro atoms. The van der Waals surface area contributed by atoms with Crippen LogP contribution in [0.1, 0.15) is 32.3 Å². The summed E-state index contributed by atoms with van der Waals surface area (Å²) in [7, 11) is 0. The molecule has 41 heavy (non-hydrogen) atoms. The molecule has 0 radical (unpaired) electrons. The van der Waals surface area contributed by atoms with E-state index in [-0.39, 0.29) is 36.0 Å². The number of urea groups is 1. The molecule has 2 atom stereocenters. The Labute approximate surface area is 234 Å². The summed E-state index contributed by atoms with van der Waals surface area (Å²) in [5, 5.41) is 2.84. The Bertz CT molecular complexity index is 1450. The number of amides is 2. The van der Waals surface area contributed by atoms with Gasteiger partial charge in [-0.05, 0) is 44.9 Å². The fourth-order valence-electron chi connectivity index (χ4n) is 5.32. The van der Waals surface area contributed by atoms with Gasteiger partial charge in [-0.3, -0.25) is 10.2 Å². The second-order valence-corrected chi connectivity index (χ2v) is 10.6. The Morgan fingerprint density at radius 2 is 2.02 bits per heavy atom. The van der Waals surface area contributed by atoms with Crippen molar-refractivity contribution in [2.45, 2.75) is 50.8 Å². The van der Waals surface area contributed by atoms with Gasteiger partial charge in [-0.15, -0.1) is 0 Å². The van der Waals surface area contributed by atoms with Crippen molar-refractivity contribution in [2.24, 2.45) is 0 Å². The number of aromatic nitrogens is 3. The maximum atomic E-state index is 13.7. The third-order valence-corrected chi connectivity index (χ3v) is 7.19. The van der Waals surface area contributed by atoms with Gasteiger partial charge in [-0.1, -0.05) is 18.2 Å². The van der Waals surface area contributed by atoms with Gasteiger partial charge in [0.1, 0.15) is 18.5 Å². The number of nitrogens with one attached hydrogen (secondary N) is 1. The molecular weight excluding hydrogens is 541 g/mol. The third kappa shape index (κ3) is 5.77. The number of alkyl halides is 3. The lowest BCUT2D eigenvalue weighted by Gasteiger charge is -2.45. The van der Waals surface area contributed by atoms with Crippen LogP contribution < -0.4 is 19.9 Å². The number of hydrogen-bond acceptors (Lipinski definition) is 8. The summed E-state index contributed by atoms with van der Waals surface area (Å²) in [4.78, 5) is 30.7. The van der Waals surface area contributed by atoms with E-state index < -0.39 is 23.6 Å². The Balaban J connectivity index is 1.24. The van der Waals surface area contributed by atoms with Crippen molar-refractivity contribution < 1.29 is 32.2 Å². The van der Waals surface area contributed by atoms with Crippen LogP contribution >= 0.6 is 0 Å². The van der Waals surface area contributed by atoms with Crippen LogP contribution in [0.25, 0.3) is 11.4 Å². The standard InChI is InChI=1S/C28H29F3N6O4/c1-27(2)40-16-20(41-27)15-39-23-10-4-9-22(33-23)34-26(38)37-19-8-5-11-36(14-19)21-13-32-24(35-25(21)37)17-6-3-7-18(12-17)28(29,30)31/h3-4,6-7,9-10,12-13,19-20H,5,8,11,14-16H2,1-2H3,(H,33,34,38)/t19-,20+/m0/s1. The molecule has 5 heterocycles. The highest BCUT2D eigenvalue weighted by molar-refractivity contribution is 6.04. The predicted molar refractivity (Wildman–Crippen MR) is 144 cm³/mol. The Hall–Kier alpha value is -3.97. The molecule has 2 saturated heterocycles. The summed E-state index contributed by atoms with van der Waals surface area (Å²) in [5.41, 5.74) is 0.0642. The molecule has 1 aromatic carbocycles. The second-order valence-electron chi connectivity index (χ2n) is 10.6. The van der Waals surface area contributed by atoms with E-state index in [1.165, 1.54) is 12.1 Å². The molecule has 0 saturated carbocycles. The van der Waals surface area contributed by atoms with Crippen molar-refractivity contribution in [1.82, 2.24) is 15.0 Å². The number of fused-ring (bicyclic) bond motifs is 4. The molecule has 2 fully saturated rings.